The Kier molecular flexibility index (Phi) is 6.16. The van der Waals surface area contributed by atoms with E-state index in [1.807, 2.05) is 6.07 Å². The van der Waals surface area contributed by atoms with Crippen molar-refractivity contribution in [2.24, 2.45) is 5.92 Å². The first kappa shape index (κ1) is 18.7. The normalized spacial score (nSPS) is 15.8. The number of ketones is 1. The number of rotatable bonds is 6. The molecule has 1 N–H and O–H groups in total. The van der Waals surface area contributed by atoms with Crippen LogP contribution >= 0.6 is 11.3 Å². The average Bonchev–Trinajstić information content (AvgIpc) is 2.98. The first-order valence-electron chi connectivity index (χ1n) is 9.05. The molecule has 2 heterocycles. The molecule has 0 atom stereocenters. The van der Waals surface area contributed by atoms with Gasteiger partial charge in [-0.15, -0.1) is 0 Å². The van der Waals surface area contributed by atoms with Crippen LogP contribution in [-0.4, -0.2) is 41.2 Å². The molecule has 1 aromatic heterocycles. The van der Waals surface area contributed by atoms with E-state index in [4.69, 9.17) is 0 Å². The number of aryl methyl sites for hydroxylation is 1. The van der Waals surface area contributed by atoms with Crippen molar-refractivity contribution in [2.75, 3.05) is 25.0 Å². The number of hydrogen-bond acceptors (Lipinski definition) is 5. The Hall–Kier alpha value is -2.05. The zero-order chi connectivity index (χ0) is 18.5. The number of hydrogen-bond donors (Lipinski definition) is 1. The monoisotopic (exact) mass is 371 g/mol. The van der Waals surface area contributed by atoms with E-state index < -0.39 is 0 Å². The molecule has 0 saturated carbocycles. The molecule has 0 aliphatic carbocycles. The minimum Gasteiger partial charge on any atom is -0.301 e. The molecule has 3 rings (SSSR count). The van der Waals surface area contributed by atoms with Crippen LogP contribution in [0.3, 0.4) is 0 Å². The number of anilines is 1. The zero-order valence-corrected chi connectivity index (χ0v) is 16.1. The van der Waals surface area contributed by atoms with Gasteiger partial charge >= 0.3 is 0 Å². The molecule has 1 aliphatic heterocycles. The van der Waals surface area contributed by atoms with Gasteiger partial charge in [-0.2, -0.15) is 0 Å². The molecule has 1 amide bonds. The molecule has 5 nitrogen and oxygen atoms in total. The molecule has 1 aromatic carbocycles. The third-order valence-electron chi connectivity index (χ3n) is 4.80. The fourth-order valence-electron chi connectivity index (χ4n) is 3.43. The highest BCUT2D eigenvalue weighted by Gasteiger charge is 2.21. The summed E-state index contributed by atoms with van der Waals surface area (Å²) in [5.41, 5.74) is 2.07. The number of aromatic nitrogens is 1. The summed E-state index contributed by atoms with van der Waals surface area (Å²) in [6.07, 6.45) is 3.35. The Morgan fingerprint density at radius 2 is 1.92 bits per heavy atom. The van der Waals surface area contributed by atoms with Crippen molar-refractivity contribution in [1.82, 2.24) is 9.88 Å². The lowest BCUT2D eigenvalue weighted by Gasteiger charge is -2.31. The number of nitrogens with zero attached hydrogens (tertiary/aromatic N) is 2. The van der Waals surface area contributed by atoms with Crippen LogP contribution in [0.1, 0.15) is 40.7 Å². The Bertz CT molecular complexity index is 765. The average molecular weight is 372 g/mol. The smallest absolute Gasteiger partial charge is 0.240 e. The van der Waals surface area contributed by atoms with E-state index in [1.54, 1.807) is 6.92 Å². The Morgan fingerprint density at radius 3 is 2.54 bits per heavy atom. The lowest BCUT2D eigenvalue weighted by molar-refractivity contribution is -0.117. The molecule has 0 bridgehead atoms. The maximum Gasteiger partial charge on any atom is 0.240 e. The number of nitrogens with one attached hydrogen (secondary N) is 1. The second-order valence-corrected chi connectivity index (χ2v) is 7.95. The SMILES string of the molecule is CC(=O)c1sc(NC(=O)CN2CCC(Cc3ccccc3)CC2)nc1C. The molecule has 0 unspecified atom stereocenters. The first-order chi connectivity index (χ1) is 12.5. The van der Waals surface area contributed by atoms with Gasteiger partial charge in [0.2, 0.25) is 5.91 Å². The van der Waals surface area contributed by atoms with Gasteiger partial charge in [-0.3, -0.25) is 14.5 Å². The Balaban J connectivity index is 1.44. The van der Waals surface area contributed by atoms with Crippen molar-refractivity contribution in [3.63, 3.8) is 0 Å². The van der Waals surface area contributed by atoms with Crippen molar-refractivity contribution >= 4 is 28.2 Å². The molecule has 138 valence electrons. The summed E-state index contributed by atoms with van der Waals surface area (Å²) in [7, 11) is 0. The maximum absolute atomic E-state index is 12.3. The van der Waals surface area contributed by atoms with Crippen LogP contribution < -0.4 is 5.32 Å². The highest BCUT2D eigenvalue weighted by Crippen LogP contribution is 2.24. The first-order valence-corrected chi connectivity index (χ1v) is 9.87. The number of carbonyl (C=O) groups is 2. The lowest BCUT2D eigenvalue weighted by Crippen LogP contribution is -2.39. The largest absolute Gasteiger partial charge is 0.301 e. The number of piperidine rings is 1. The molecule has 2 aromatic rings. The van der Waals surface area contributed by atoms with E-state index in [0.717, 1.165) is 32.4 Å². The second-order valence-electron chi connectivity index (χ2n) is 6.95. The van der Waals surface area contributed by atoms with Crippen LogP contribution in [-0.2, 0) is 11.2 Å². The van der Waals surface area contributed by atoms with Gasteiger partial charge in [-0.25, -0.2) is 4.98 Å². The fraction of sp³-hybridized carbons (Fsp3) is 0.450. The predicted molar refractivity (Wildman–Crippen MR) is 105 cm³/mol. The van der Waals surface area contributed by atoms with Gasteiger partial charge in [-0.05, 0) is 50.8 Å². The highest BCUT2D eigenvalue weighted by atomic mass is 32.1. The van der Waals surface area contributed by atoms with Crippen LogP contribution in [0.5, 0.6) is 0 Å². The Morgan fingerprint density at radius 1 is 1.23 bits per heavy atom. The second kappa shape index (κ2) is 8.56. The van der Waals surface area contributed by atoms with E-state index in [-0.39, 0.29) is 11.7 Å². The summed E-state index contributed by atoms with van der Waals surface area (Å²) in [5.74, 6) is 0.618. The van der Waals surface area contributed by atoms with Gasteiger partial charge in [0.1, 0.15) is 0 Å². The number of amides is 1. The number of carbonyl (C=O) groups excluding carboxylic acids is 2. The van der Waals surface area contributed by atoms with Gasteiger partial charge in [0, 0.05) is 6.92 Å². The van der Waals surface area contributed by atoms with Crippen molar-refractivity contribution in [2.45, 2.75) is 33.1 Å². The summed E-state index contributed by atoms with van der Waals surface area (Å²) < 4.78 is 0. The molecule has 6 heteroatoms. The van der Waals surface area contributed by atoms with Crippen LogP contribution in [0, 0.1) is 12.8 Å². The minimum absolute atomic E-state index is 0.0130. The van der Waals surface area contributed by atoms with Crippen molar-refractivity contribution in [3.8, 4) is 0 Å². The molecular weight excluding hydrogens is 346 g/mol. The van der Waals surface area contributed by atoms with Crippen molar-refractivity contribution < 1.29 is 9.59 Å². The van der Waals surface area contributed by atoms with Crippen molar-refractivity contribution in [3.05, 3.63) is 46.5 Å². The molecule has 0 spiro atoms. The van der Waals surface area contributed by atoms with Gasteiger partial charge in [-0.1, -0.05) is 41.7 Å². The van der Waals surface area contributed by atoms with Gasteiger partial charge in [0.25, 0.3) is 0 Å². The summed E-state index contributed by atoms with van der Waals surface area (Å²) in [4.78, 5) is 30.8. The summed E-state index contributed by atoms with van der Waals surface area (Å²) in [5, 5.41) is 3.34. The third kappa shape index (κ3) is 4.99. The van der Waals surface area contributed by atoms with E-state index in [1.165, 1.54) is 23.8 Å². The number of Topliss-reactive ketones (excluding diaryl/α,β-unsaturated/α-hetero) is 1. The van der Waals surface area contributed by atoms with Gasteiger partial charge in [0.15, 0.2) is 10.9 Å². The number of thiazole rings is 1. The lowest BCUT2D eigenvalue weighted by atomic mass is 9.90. The molecular formula is C20H25N3O2S. The molecule has 1 fully saturated rings. The summed E-state index contributed by atoms with van der Waals surface area (Å²) in [6, 6.07) is 10.6. The Labute approximate surface area is 158 Å². The van der Waals surface area contributed by atoms with Crippen LogP contribution in [0.4, 0.5) is 5.13 Å². The summed E-state index contributed by atoms with van der Waals surface area (Å²) >= 11 is 1.25. The van der Waals surface area contributed by atoms with Crippen LogP contribution in [0.25, 0.3) is 0 Å². The zero-order valence-electron chi connectivity index (χ0n) is 15.3. The third-order valence-corrected chi connectivity index (χ3v) is 5.98. The van der Waals surface area contributed by atoms with Crippen molar-refractivity contribution in [1.29, 1.82) is 0 Å². The molecule has 26 heavy (non-hydrogen) atoms. The van der Waals surface area contributed by atoms with Gasteiger partial charge < -0.3 is 5.32 Å². The number of likely N-dealkylation sites (tertiary alicyclic amines) is 1. The maximum atomic E-state index is 12.3. The fourth-order valence-corrected chi connectivity index (χ4v) is 4.31. The van der Waals surface area contributed by atoms with E-state index in [9.17, 15) is 9.59 Å². The number of benzene rings is 1. The van der Waals surface area contributed by atoms with E-state index in [2.05, 4.69) is 39.5 Å². The standard InChI is InChI=1S/C20H25N3O2S/c1-14-19(15(2)24)26-20(21-14)22-18(25)13-23-10-8-17(9-11-23)12-16-6-4-3-5-7-16/h3-7,17H,8-13H2,1-2H3,(H,21,22,25). The van der Waals surface area contributed by atoms with Crippen LogP contribution in [0.15, 0.2) is 30.3 Å². The molecule has 0 radical (unpaired) electrons. The quantitative estimate of drug-likeness (QED) is 0.789. The highest BCUT2D eigenvalue weighted by molar-refractivity contribution is 7.17. The van der Waals surface area contributed by atoms with Gasteiger partial charge in [0.05, 0.1) is 17.1 Å². The topological polar surface area (TPSA) is 62.3 Å². The molecule has 1 saturated heterocycles. The molecule has 1 aliphatic rings. The predicted octanol–water partition coefficient (Wildman–Crippen LogP) is 3.55. The van der Waals surface area contributed by atoms with Crippen LogP contribution in [0.2, 0.25) is 0 Å². The minimum atomic E-state index is -0.0599. The summed E-state index contributed by atoms with van der Waals surface area (Å²) in [6.45, 7) is 5.58. The van der Waals surface area contributed by atoms with E-state index >= 15 is 0 Å². The van der Waals surface area contributed by atoms with E-state index in [0.29, 0.717) is 28.2 Å².